The van der Waals surface area contributed by atoms with Gasteiger partial charge >= 0.3 is 10.1 Å². The van der Waals surface area contributed by atoms with Gasteiger partial charge in [-0.2, -0.15) is 13.4 Å². The summed E-state index contributed by atoms with van der Waals surface area (Å²) in [5.74, 6) is -0.516. The molecule has 130 valence electrons. The van der Waals surface area contributed by atoms with Crippen LogP contribution in [0.3, 0.4) is 0 Å². The first-order valence-corrected chi connectivity index (χ1v) is 8.91. The molecule has 2 aromatic rings. The first kappa shape index (κ1) is 17.1. The summed E-state index contributed by atoms with van der Waals surface area (Å²) in [6, 6.07) is 17.6. The third kappa shape index (κ3) is 3.01. The quantitative estimate of drug-likeness (QED) is 0.845. The molecule has 2 aromatic carbocycles. The molecule has 0 bridgehead atoms. The lowest BCUT2D eigenvalue weighted by atomic mass is 9.92. The number of amides is 1. The van der Waals surface area contributed by atoms with E-state index in [1.54, 1.807) is 55.5 Å². The number of nitrogens with one attached hydrogen (secondary N) is 1. The van der Waals surface area contributed by atoms with Crippen LogP contribution in [0.25, 0.3) is 0 Å². The minimum absolute atomic E-state index is 0.477. The number of carbonyl (C=O) groups excluding carboxylic acids is 1. The first-order valence-electron chi connectivity index (χ1n) is 7.51. The van der Waals surface area contributed by atoms with Crippen molar-refractivity contribution in [2.24, 2.45) is 4.99 Å². The SMILES string of the molecule is COS(=O)(=O)C1=N[C@@](C)(c2ccccc2)C(=O)N1Nc1ccccc1. The van der Waals surface area contributed by atoms with Gasteiger partial charge < -0.3 is 0 Å². The molecule has 0 radical (unpaired) electrons. The van der Waals surface area contributed by atoms with E-state index in [0.717, 1.165) is 12.1 Å². The third-order valence-corrected chi connectivity index (χ3v) is 5.08. The molecular formula is C17H17N3O4S. The molecular weight excluding hydrogens is 342 g/mol. The Hall–Kier alpha value is -2.71. The molecule has 7 nitrogen and oxygen atoms in total. The van der Waals surface area contributed by atoms with Gasteiger partial charge in [-0.1, -0.05) is 48.5 Å². The van der Waals surface area contributed by atoms with E-state index in [9.17, 15) is 13.2 Å². The van der Waals surface area contributed by atoms with E-state index in [1.165, 1.54) is 0 Å². The van der Waals surface area contributed by atoms with Crippen molar-refractivity contribution in [2.75, 3.05) is 12.5 Å². The highest BCUT2D eigenvalue weighted by atomic mass is 32.2. The molecule has 1 N–H and O–H groups in total. The minimum atomic E-state index is -4.19. The Morgan fingerprint density at radius 2 is 1.60 bits per heavy atom. The van der Waals surface area contributed by atoms with E-state index < -0.39 is 26.7 Å². The summed E-state index contributed by atoms with van der Waals surface area (Å²) in [5.41, 5.74) is 2.56. The fourth-order valence-electron chi connectivity index (χ4n) is 2.53. The van der Waals surface area contributed by atoms with Crippen molar-refractivity contribution in [3.63, 3.8) is 0 Å². The minimum Gasteiger partial charge on any atom is -0.289 e. The Labute approximate surface area is 146 Å². The summed E-state index contributed by atoms with van der Waals surface area (Å²) in [6.07, 6.45) is 0. The largest absolute Gasteiger partial charge is 0.332 e. The van der Waals surface area contributed by atoms with Crippen LogP contribution in [-0.4, -0.2) is 31.6 Å². The zero-order valence-corrected chi connectivity index (χ0v) is 14.5. The van der Waals surface area contributed by atoms with Gasteiger partial charge in [-0.15, -0.1) is 0 Å². The van der Waals surface area contributed by atoms with Crippen molar-refractivity contribution in [2.45, 2.75) is 12.5 Å². The van der Waals surface area contributed by atoms with Crippen molar-refractivity contribution in [3.05, 3.63) is 66.2 Å². The lowest BCUT2D eigenvalue weighted by molar-refractivity contribution is -0.129. The average Bonchev–Trinajstić information content (AvgIpc) is 2.90. The highest BCUT2D eigenvalue weighted by Gasteiger charge is 2.50. The second-order valence-corrected chi connectivity index (χ2v) is 7.18. The molecule has 0 aliphatic carbocycles. The molecule has 0 spiro atoms. The zero-order chi connectivity index (χ0) is 18.1. The van der Waals surface area contributed by atoms with Crippen LogP contribution >= 0.6 is 0 Å². The number of aliphatic imine (C=N–C) groups is 1. The number of rotatable bonds is 4. The predicted octanol–water partition coefficient (Wildman–Crippen LogP) is 2.10. The zero-order valence-electron chi connectivity index (χ0n) is 13.7. The molecule has 0 saturated carbocycles. The Morgan fingerprint density at radius 3 is 2.16 bits per heavy atom. The number of nitrogens with zero attached hydrogens (tertiary/aromatic N) is 2. The number of hydrazine groups is 1. The van der Waals surface area contributed by atoms with E-state index in [1.807, 2.05) is 12.1 Å². The van der Waals surface area contributed by atoms with Crippen LogP contribution in [0.2, 0.25) is 0 Å². The fraction of sp³-hybridized carbons (Fsp3) is 0.176. The van der Waals surface area contributed by atoms with Gasteiger partial charge in [-0.05, 0) is 24.6 Å². The standard InChI is InChI=1S/C17H17N3O4S/c1-17(13-9-5-3-6-10-13)15(21)20(16(18-17)25(22,23)24-2)19-14-11-7-4-8-12-14/h3-12,19H,1-2H3/t17-/m0/s1. The van der Waals surface area contributed by atoms with Gasteiger partial charge in [-0.25, -0.2) is 4.99 Å². The Kier molecular flexibility index (Phi) is 4.32. The molecule has 0 aromatic heterocycles. The summed E-state index contributed by atoms with van der Waals surface area (Å²) in [4.78, 5) is 17.2. The molecule has 0 fully saturated rings. The van der Waals surface area contributed by atoms with E-state index in [4.69, 9.17) is 0 Å². The molecule has 25 heavy (non-hydrogen) atoms. The molecule has 1 aliphatic heterocycles. The highest BCUT2D eigenvalue weighted by Crippen LogP contribution is 2.34. The third-order valence-electron chi connectivity index (χ3n) is 3.92. The molecule has 1 heterocycles. The van der Waals surface area contributed by atoms with Crippen molar-refractivity contribution < 1.29 is 17.4 Å². The number of anilines is 1. The van der Waals surface area contributed by atoms with Crippen molar-refractivity contribution in [3.8, 4) is 0 Å². The maximum atomic E-state index is 13.0. The summed E-state index contributed by atoms with van der Waals surface area (Å²) in [7, 11) is -3.16. The Bertz CT molecular complexity index is 913. The fourth-order valence-corrected chi connectivity index (χ4v) is 3.32. The van der Waals surface area contributed by atoms with Gasteiger partial charge in [0.25, 0.3) is 11.1 Å². The summed E-state index contributed by atoms with van der Waals surface area (Å²) in [5, 5.41) is 0.441. The van der Waals surface area contributed by atoms with Gasteiger partial charge in [0.15, 0.2) is 5.54 Å². The maximum absolute atomic E-state index is 13.0. The molecule has 3 rings (SSSR count). The van der Waals surface area contributed by atoms with E-state index >= 15 is 0 Å². The molecule has 1 aliphatic rings. The van der Waals surface area contributed by atoms with Crippen molar-refractivity contribution in [1.29, 1.82) is 0 Å². The predicted molar refractivity (Wildman–Crippen MR) is 94.1 cm³/mol. The summed E-state index contributed by atoms with van der Waals surface area (Å²) >= 11 is 0. The maximum Gasteiger partial charge on any atom is 0.332 e. The highest BCUT2D eigenvalue weighted by molar-refractivity contribution is 8.02. The number of para-hydroxylation sites is 1. The van der Waals surface area contributed by atoms with Crippen molar-refractivity contribution >= 4 is 26.9 Å². The smallest absolute Gasteiger partial charge is 0.289 e. The lowest BCUT2D eigenvalue weighted by Gasteiger charge is -2.23. The molecule has 8 heteroatoms. The van der Waals surface area contributed by atoms with Crippen LogP contribution in [0, 0.1) is 0 Å². The average molecular weight is 359 g/mol. The number of hydrogen-bond donors (Lipinski definition) is 1. The number of hydrogen-bond acceptors (Lipinski definition) is 6. The topological polar surface area (TPSA) is 88.1 Å². The molecule has 0 saturated heterocycles. The van der Waals surface area contributed by atoms with Gasteiger partial charge in [-0.3, -0.25) is 14.4 Å². The number of benzene rings is 2. The van der Waals surface area contributed by atoms with E-state index in [0.29, 0.717) is 11.3 Å². The van der Waals surface area contributed by atoms with Gasteiger partial charge in [0.2, 0.25) is 0 Å². The second kappa shape index (κ2) is 6.30. The van der Waals surface area contributed by atoms with Crippen LogP contribution < -0.4 is 5.43 Å². The first-order chi connectivity index (χ1) is 11.9. The van der Waals surface area contributed by atoms with Crippen LogP contribution in [-0.2, 0) is 24.6 Å². The Balaban J connectivity index is 2.09. The lowest BCUT2D eigenvalue weighted by Crippen LogP contribution is -2.45. The normalized spacial score (nSPS) is 20.5. The second-order valence-electron chi connectivity index (χ2n) is 5.57. The van der Waals surface area contributed by atoms with Gasteiger partial charge in [0, 0.05) is 0 Å². The Morgan fingerprint density at radius 1 is 1.04 bits per heavy atom. The number of carbonyl (C=O) groups is 1. The van der Waals surface area contributed by atoms with Crippen LogP contribution in [0.1, 0.15) is 12.5 Å². The van der Waals surface area contributed by atoms with Crippen LogP contribution in [0.4, 0.5) is 5.69 Å². The number of amidine groups is 1. The van der Waals surface area contributed by atoms with E-state index in [-0.39, 0.29) is 0 Å². The molecule has 1 amide bonds. The summed E-state index contributed by atoms with van der Waals surface area (Å²) < 4.78 is 29.1. The summed E-state index contributed by atoms with van der Waals surface area (Å²) in [6.45, 7) is 1.57. The molecule has 0 unspecified atom stereocenters. The van der Waals surface area contributed by atoms with Crippen molar-refractivity contribution in [1.82, 2.24) is 5.01 Å². The van der Waals surface area contributed by atoms with Gasteiger partial charge in [0.1, 0.15) is 0 Å². The van der Waals surface area contributed by atoms with Crippen LogP contribution in [0.5, 0.6) is 0 Å². The van der Waals surface area contributed by atoms with E-state index in [2.05, 4.69) is 14.6 Å². The van der Waals surface area contributed by atoms with Crippen LogP contribution in [0.15, 0.2) is 65.7 Å². The van der Waals surface area contributed by atoms with Gasteiger partial charge in [0.05, 0.1) is 12.8 Å². The molecule has 1 atom stereocenters. The monoisotopic (exact) mass is 359 g/mol.